The highest BCUT2D eigenvalue weighted by Crippen LogP contribution is 2.21. The van der Waals surface area contributed by atoms with E-state index in [-0.39, 0.29) is 5.90 Å². The molecule has 0 aliphatic heterocycles. The molecule has 0 spiro atoms. The molecule has 0 unspecified atom stereocenters. The Bertz CT molecular complexity index is 379. The van der Waals surface area contributed by atoms with Gasteiger partial charge in [-0.05, 0) is 25.1 Å². The number of benzene rings is 1. The number of aliphatic imine (C=N–C) groups is 1. The molecular weight excluding hydrogens is 200 g/mol. The first-order chi connectivity index (χ1) is 7.19. The van der Waals surface area contributed by atoms with E-state index in [1.54, 1.807) is 13.0 Å². The maximum absolute atomic E-state index is 13.1. The van der Waals surface area contributed by atoms with E-state index in [0.29, 0.717) is 0 Å². The molecule has 0 saturated carbocycles. The molecule has 0 saturated heterocycles. The van der Waals surface area contributed by atoms with Crippen molar-refractivity contribution in [1.82, 2.24) is 0 Å². The molecule has 0 aliphatic rings. The second-order valence-electron chi connectivity index (χ2n) is 2.71. The molecule has 0 fully saturated rings. The lowest BCUT2D eigenvalue weighted by Crippen LogP contribution is -2.07. The quantitative estimate of drug-likeness (QED) is 0.544. The van der Waals surface area contributed by atoms with Gasteiger partial charge in [0.05, 0.1) is 0 Å². The fourth-order valence-corrected chi connectivity index (χ4v) is 0.981. The van der Waals surface area contributed by atoms with Crippen molar-refractivity contribution in [3.8, 4) is 5.75 Å². The van der Waals surface area contributed by atoms with Crippen LogP contribution in [-0.2, 0) is 0 Å². The molecule has 2 nitrogen and oxygen atoms in total. The second kappa shape index (κ2) is 5.24. The van der Waals surface area contributed by atoms with Crippen LogP contribution in [0.3, 0.4) is 0 Å². The van der Waals surface area contributed by atoms with Crippen molar-refractivity contribution in [3.63, 3.8) is 0 Å². The largest absolute Gasteiger partial charge is 0.433 e. The van der Waals surface area contributed by atoms with Gasteiger partial charge in [-0.3, -0.25) is 4.99 Å². The summed E-state index contributed by atoms with van der Waals surface area (Å²) in [6.45, 7) is 1.76. The van der Waals surface area contributed by atoms with Crippen molar-refractivity contribution < 1.29 is 13.5 Å². The van der Waals surface area contributed by atoms with Gasteiger partial charge in [-0.15, -0.1) is 0 Å². The molecule has 1 aromatic carbocycles. The van der Waals surface area contributed by atoms with Crippen LogP contribution in [0.2, 0.25) is 0 Å². The molecule has 0 N–H and O–H groups in total. The van der Waals surface area contributed by atoms with Crippen LogP contribution >= 0.6 is 0 Å². The van der Waals surface area contributed by atoms with Gasteiger partial charge in [-0.25, -0.2) is 8.78 Å². The van der Waals surface area contributed by atoms with Gasteiger partial charge >= 0.3 is 0 Å². The van der Waals surface area contributed by atoms with Crippen LogP contribution in [-0.4, -0.2) is 12.9 Å². The standard InChI is InChI=1S/C11H11F2NO/c1-3-5-10(14-2)15-11-8(12)6-4-7-9(11)13/h3-7H,1-2H3/b5-3+,14-10?. The molecule has 80 valence electrons. The van der Waals surface area contributed by atoms with Gasteiger partial charge in [0.15, 0.2) is 11.6 Å². The van der Waals surface area contributed by atoms with Crippen LogP contribution in [0.15, 0.2) is 35.3 Å². The Morgan fingerprint density at radius 1 is 1.33 bits per heavy atom. The lowest BCUT2D eigenvalue weighted by atomic mass is 10.3. The molecule has 0 aliphatic carbocycles. The highest BCUT2D eigenvalue weighted by molar-refractivity contribution is 5.89. The van der Waals surface area contributed by atoms with Crippen molar-refractivity contribution in [2.75, 3.05) is 7.05 Å². The Hall–Kier alpha value is -1.71. The Labute approximate surface area is 86.9 Å². The summed E-state index contributed by atoms with van der Waals surface area (Å²) in [6, 6.07) is 3.53. The first-order valence-corrected chi connectivity index (χ1v) is 4.40. The monoisotopic (exact) mass is 211 g/mol. The third kappa shape index (κ3) is 2.87. The van der Waals surface area contributed by atoms with Gasteiger partial charge in [0.25, 0.3) is 0 Å². The van der Waals surface area contributed by atoms with E-state index >= 15 is 0 Å². The summed E-state index contributed by atoms with van der Waals surface area (Å²) >= 11 is 0. The fourth-order valence-electron chi connectivity index (χ4n) is 0.981. The van der Waals surface area contributed by atoms with Crippen LogP contribution in [0.1, 0.15) is 6.92 Å². The summed E-state index contributed by atoms with van der Waals surface area (Å²) in [6.07, 6.45) is 3.19. The number of para-hydroxylation sites is 1. The minimum Gasteiger partial charge on any atom is -0.433 e. The van der Waals surface area contributed by atoms with Crippen LogP contribution in [0.25, 0.3) is 0 Å². The third-order valence-corrected chi connectivity index (χ3v) is 1.66. The molecular formula is C11H11F2NO. The Balaban J connectivity index is 2.98. The number of ether oxygens (including phenoxy) is 1. The highest BCUT2D eigenvalue weighted by atomic mass is 19.1. The summed E-state index contributed by atoms with van der Waals surface area (Å²) in [5, 5.41) is 0. The summed E-state index contributed by atoms with van der Waals surface area (Å²) < 4.78 is 31.3. The number of hydrogen-bond acceptors (Lipinski definition) is 2. The van der Waals surface area contributed by atoms with E-state index in [9.17, 15) is 8.78 Å². The predicted octanol–water partition coefficient (Wildman–Crippen LogP) is 2.95. The van der Waals surface area contributed by atoms with Crippen molar-refractivity contribution in [2.24, 2.45) is 4.99 Å². The van der Waals surface area contributed by atoms with Crippen LogP contribution in [0.5, 0.6) is 5.75 Å². The molecule has 1 aromatic rings. The van der Waals surface area contributed by atoms with E-state index < -0.39 is 17.4 Å². The molecule has 0 aromatic heterocycles. The number of allylic oxidation sites excluding steroid dienone is 1. The average molecular weight is 211 g/mol. The lowest BCUT2D eigenvalue weighted by molar-refractivity contribution is 0.449. The normalized spacial score (nSPS) is 12.1. The number of halogens is 2. The zero-order valence-electron chi connectivity index (χ0n) is 8.50. The second-order valence-corrected chi connectivity index (χ2v) is 2.71. The summed E-state index contributed by atoms with van der Waals surface area (Å²) in [5.74, 6) is -1.78. The fraction of sp³-hybridized carbons (Fsp3) is 0.182. The third-order valence-electron chi connectivity index (χ3n) is 1.66. The van der Waals surface area contributed by atoms with E-state index in [1.165, 1.54) is 19.2 Å². The molecule has 0 atom stereocenters. The first-order valence-electron chi connectivity index (χ1n) is 4.40. The molecule has 0 radical (unpaired) electrons. The maximum Gasteiger partial charge on any atom is 0.214 e. The molecule has 15 heavy (non-hydrogen) atoms. The summed E-state index contributed by atoms with van der Waals surface area (Å²) in [5.41, 5.74) is 0. The smallest absolute Gasteiger partial charge is 0.214 e. The first kappa shape index (κ1) is 11.4. The summed E-state index contributed by atoms with van der Waals surface area (Å²) in [4.78, 5) is 3.73. The van der Waals surface area contributed by atoms with Gasteiger partial charge < -0.3 is 4.74 Å². The zero-order valence-corrected chi connectivity index (χ0v) is 8.50. The van der Waals surface area contributed by atoms with E-state index in [0.717, 1.165) is 12.1 Å². The molecule has 1 rings (SSSR count). The van der Waals surface area contributed by atoms with Crippen molar-refractivity contribution in [1.29, 1.82) is 0 Å². The molecule has 0 heterocycles. The van der Waals surface area contributed by atoms with Crippen LogP contribution in [0, 0.1) is 11.6 Å². The molecule has 4 heteroatoms. The number of rotatable bonds is 2. The van der Waals surface area contributed by atoms with Crippen LogP contribution in [0.4, 0.5) is 8.78 Å². The lowest BCUT2D eigenvalue weighted by Gasteiger charge is -2.06. The molecule has 0 bridgehead atoms. The van der Waals surface area contributed by atoms with E-state index in [4.69, 9.17) is 4.74 Å². The SMILES string of the molecule is C/C=C/C(=NC)Oc1c(F)cccc1F. The van der Waals surface area contributed by atoms with Gasteiger partial charge in [-0.2, -0.15) is 0 Å². The topological polar surface area (TPSA) is 21.6 Å². The van der Waals surface area contributed by atoms with Gasteiger partial charge in [0, 0.05) is 7.05 Å². The maximum atomic E-state index is 13.1. The predicted molar refractivity (Wildman–Crippen MR) is 55.2 cm³/mol. The van der Waals surface area contributed by atoms with E-state index in [2.05, 4.69) is 4.99 Å². The number of hydrogen-bond donors (Lipinski definition) is 0. The van der Waals surface area contributed by atoms with Crippen molar-refractivity contribution in [2.45, 2.75) is 6.92 Å². The molecule has 0 amide bonds. The zero-order chi connectivity index (χ0) is 11.3. The van der Waals surface area contributed by atoms with Gasteiger partial charge in [0.2, 0.25) is 11.6 Å². The van der Waals surface area contributed by atoms with Gasteiger partial charge in [0.1, 0.15) is 0 Å². The Morgan fingerprint density at radius 3 is 2.40 bits per heavy atom. The van der Waals surface area contributed by atoms with Gasteiger partial charge in [-0.1, -0.05) is 12.1 Å². The highest BCUT2D eigenvalue weighted by Gasteiger charge is 2.11. The van der Waals surface area contributed by atoms with E-state index in [1.807, 2.05) is 0 Å². The van der Waals surface area contributed by atoms with Crippen molar-refractivity contribution in [3.05, 3.63) is 42.0 Å². The Morgan fingerprint density at radius 2 is 1.93 bits per heavy atom. The van der Waals surface area contributed by atoms with Crippen LogP contribution < -0.4 is 4.74 Å². The van der Waals surface area contributed by atoms with Crippen molar-refractivity contribution >= 4 is 5.90 Å². The minimum atomic E-state index is -0.749. The minimum absolute atomic E-state index is 0.154. The average Bonchev–Trinajstić information content (AvgIpc) is 2.22. The number of nitrogens with zero attached hydrogens (tertiary/aromatic N) is 1. The summed E-state index contributed by atoms with van der Waals surface area (Å²) in [7, 11) is 1.48. The Kier molecular flexibility index (Phi) is 3.97.